The van der Waals surface area contributed by atoms with Crippen molar-refractivity contribution in [2.24, 2.45) is 0 Å². The number of aryl methyl sites for hydroxylation is 2. The average Bonchev–Trinajstić information content (AvgIpc) is 3.10. The molecule has 3 heterocycles. The zero-order chi connectivity index (χ0) is 18.8. The molecule has 0 spiro atoms. The lowest BCUT2D eigenvalue weighted by Gasteiger charge is -2.27. The quantitative estimate of drug-likeness (QED) is 0.553. The van der Waals surface area contributed by atoms with E-state index in [-0.39, 0.29) is 5.91 Å². The Kier molecular flexibility index (Phi) is 4.81. The van der Waals surface area contributed by atoms with Gasteiger partial charge in [-0.25, -0.2) is 9.97 Å². The highest BCUT2D eigenvalue weighted by atomic mass is 35.5. The van der Waals surface area contributed by atoms with Gasteiger partial charge in [-0.15, -0.1) is 0 Å². The molecule has 1 aromatic carbocycles. The minimum absolute atomic E-state index is 0.0635. The maximum absolute atomic E-state index is 12.8. The first-order chi connectivity index (χ1) is 13.1. The van der Waals surface area contributed by atoms with Crippen LogP contribution in [0.5, 0.6) is 0 Å². The summed E-state index contributed by atoms with van der Waals surface area (Å²) in [4.78, 5) is 23.3. The molecule has 0 bridgehead atoms. The summed E-state index contributed by atoms with van der Waals surface area (Å²) >= 11 is 5.92. The van der Waals surface area contributed by atoms with Crippen molar-refractivity contribution in [2.75, 3.05) is 17.2 Å². The highest BCUT2D eigenvalue weighted by Crippen LogP contribution is 2.28. The monoisotopic (exact) mass is 381 g/mol. The summed E-state index contributed by atoms with van der Waals surface area (Å²) in [6.45, 7) is 1.54. The number of pyridine rings is 1. The Morgan fingerprint density at radius 1 is 1.22 bits per heavy atom. The van der Waals surface area contributed by atoms with Crippen LogP contribution >= 0.6 is 11.6 Å². The van der Waals surface area contributed by atoms with Crippen LogP contribution in [0, 0.1) is 0 Å². The van der Waals surface area contributed by atoms with Gasteiger partial charge in [0.1, 0.15) is 5.15 Å². The van der Waals surface area contributed by atoms with Gasteiger partial charge in [0.15, 0.2) is 0 Å². The Morgan fingerprint density at radius 3 is 2.93 bits per heavy atom. The number of nitrogen functional groups attached to an aromatic ring is 1. The highest BCUT2D eigenvalue weighted by molar-refractivity contribution is 6.29. The number of rotatable bonds is 4. The van der Waals surface area contributed by atoms with E-state index >= 15 is 0 Å². The van der Waals surface area contributed by atoms with Crippen LogP contribution < -0.4 is 10.6 Å². The number of hydrogen-bond acceptors (Lipinski definition) is 4. The van der Waals surface area contributed by atoms with E-state index in [0.29, 0.717) is 36.2 Å². The van der Waals surface area contributed by atoms with Crippen molar-refractivity contribution in [1.82, 2.24) is 14.5 Å². The predicted molar refractivity (Wildman–Crippen MR) is 107 cm³/mol. The maximum atomic E-state index is 12.8. The molecule has 0 fully saturated rings. The van der Waals surface area contributed by atoms with Gasteiger partial charge in [-0.3, -0.25) is 9.69 Å². The van der Waals surface area contributed by atoms with Crippen molar-refractivity contribution in [1.29, 1.82) is 0 Å². The average molecular weight is 382 g/mol. The summed E-state index contributed by atoms with van der Waals surface area (Å²) in [7, 11) is 0. The summed E-state index contributed by atoms with van der Waals surface area (Å²) in [6.07, 6.45) is 5.59. The van der Waals surface area contributed by atoms with E-state index in [1.807, 2.05) is 41.1 Å². The van der Waals surface area contributed by atoms with Crippen molar-refractivity contribution < 1.29 is 4.79 Å². The lowest BCUT2D eigenvalue weighted by Crippen LogP contribution is -2.37. The first kappa shape index (κ1) is 17.5. The number of amides is 1. The number of carbonyl (C=O) groups excluding carboxylic acids is 1. The van der Waals surface area contributed by atoms with Crippen molar-refractivity contribution in [3.05, 3.63) is 59.5 Å². The van der Waals surface area contributed by atoms with Gasteiger partial charge in [0.2, 0.25) is 11.9 Å². The zero-order valence-corrected chi connectivity index (χ0v) is 15.6. The van der Waals surface area contributed by atoms with Crippen LogP contribution in [0.25, 0.3) is 11.3 Å². The molecule has 2 aromatic heterocycles. The molecule has 6 nitrogen and oxygen atoms in total. The number of carbonyl (C=O) groups is 1. The minimum atomic E-state index is 0.0635. The van der Waals surface area contributed by atoms with Crippen LogP contribution in [0.1, 0.15) is 18.4 Å². The number of nitrogens with zero attached hydrogens (tertiary/aromatic N) is 4. The fourth-order valence-corrected chi connectivity index (χ4v) is 3.54. The van der Waals surface area contributed by atoms with Crippen LogP contribution in [0.4, 0.5) is 11.6 Å². The van der Waals surface area contributed by atoms with E-state index < -0.39 is 0 Å². The summed E-state index contributed by atoms with van der Waals surface area (Å²) in [5.41, 5.74) is 9.37. The fraction of sp³-hybridized carbons (Fsp3) is 0.250. The van der Waals surface area contributed by atoms with Gasteiger partial charge < -0.3 is 10.3 Å². The third-order valence-electron chi connectivity index (χ3n) is 4.68. The summed E-state index contributed by atoms with van der Waals surface area (Å²) < 4.78 is 2.04. The smallest absolute Gasteiger partial charge is 0.229 e. The van der Waals surface area contributed by atoms with E-state index in [9.17, 15) is 4.79 Å². The standard InChI is InChI=1S/C20H20ClN5O/c21-18-11-14(7-8-23-18)5-6-19(27)26-10-2-9-25-13-17(24-20(25)26)15-3-1-4-16(22)12-15/h1,3-4,7-8,11-13H,2,5-6,9-10,22H2. The lowest BCUT2D eigenvalue weighted by molar-refractivity contribution is -0.118. The van der Waals surface area contributed by atoms with Gasteiger partial charge in [0.25, 0.3) is 0 Å². The predicted octanol–water partition coefficient (Wildman–Crippen LogP) is 3.55. The molecule has 7 heteroatoms. The van der Waals surface area contributed by atoms with Crippen molar-refractivity contribution >= 4 is 29.1 Å². The fourth-order valence-electron chi connectivity index (χ4n) is 3.34. The van der Waals surface area contributed by atoms with Crippen molar-refractivity contribution in [3.63, 3.8) is 0 Å². The Hall–Kier alpha value is -2.86. The third-order valence-corrected chi connectivity index (χ3v) is 4.89. The Morgan fingerprint density at radius 2 is 2.11 bits per heavy atom. The molecule has 0 saturated heterocycles. The molecule has 27 heavy (non-hydrogen) atoms. The molecule has 2 N–H and O–H groups in total. The zero-order valence-electron chi connectivity index (χ0n) is 14.8. The molecule has 1 amide bonds. The molecule has 4 rings (SSSR count). The van der Waals surface area contributed by atoms with Gasteiger partial charge in [0.05, 0.1) is 5.69 Å². The molecule has 138 valence electrons. The number of nitrogens with two attached hydrogens (primary N) is 1. The van der Waals surface area contributed by atoms with Crippen LogP contribution in [0.3, 0.4) is 0 Å². The molecule has 0 atom stereocenters. The van der Waals surface area contributed by atoms with Gasteiger partial charge in [-0.2, -0.15) is 0 Å². The maximum Gasteiger partial charge on any atom is 0.229 e. The summed E-state index contributed by atoms with van der Waals surface area (Å²) in [5.74, 6) is 0.769. The van der Waals surface area contributed by atoms with Gasteiger partial charge in [-0.05, 0) is 42.7 Å². The number of imidazole rings is 1. The third kappa shape index (κ3) is 3.80. The number of anilines is 2. The van der Waals surface area contributed by atoms with E-state index in [2.05, 4.69) is 4.98 Å². The van der Waals surface area contributed by atoms with Crippen LogP contribution in [-0.4, -0.2) is 27.0 Å². The van der Waals surface area contributed by atoms with Crippen molar-refractivity contribution in [2.45, 2.75) is 25.8 Å². The largest absolute Gasteiger partial charge is 0.399 e. The lowest BCUT2D eigenvalue weighted by atomic mass is 10.1. The first-order valence-electron chi connectivity index (χ1n) is 8.94. The Bertz CT molecular complexity index is 984. The van der Waals surface area contributed by atoms with E-state index in [1.54, 1.807) is 17.2 Å². The van der Waals surface area contributed by atoms with Crippen LogP contribution in [-0.2, 0) is 17.8 Å². The van der Waals surface area contributed by atoms with E-state index in [4.69, 9.17) is 22.3 Å². The number of aromatic nitrogens is 3. The van der Waals surface area contributed by atoms with E-state index in [1.165, 1.54) is 0 Å². The number of hydrogen-bond donors (Lipinski definition) is 1. The molecule has 0 radical (unpaired) electrons. The second kappa shape index (κ2) is 7.40. The Labute approximate surface area is 162 Å². The summed E-state index contributed by atoms with van der Waals surface area (Å²) in [6, 6.07) is 11.3. The van der Waals surface area contributed by atoms with Crippen LogP contribution in [0.2, 0.25) is 5.15 Å². The van der Waals surface area contributed by atoms with Gasteiger partial charge in [-0.1, -0.05) is 23.7 Å². The molecule has 1 aliphatic heterocycles. The molecule has 3 aromatic rings. The summed E-state index contributed by atoms with van der Waals surface area (Å²) in [5, 5.41) is 0.445. The minimum Gasteiger partial charge on any atom is -0.399 e. The molecular weight excluding hydrogens is 362 g/mol. The molecule has 0 saturated carbocycles. The number of fused-ring (bicyclic) bond motifs is 1. The van der Waals surface area contributed by atoms with Crippen LogP contribution in [0.15, 0.2) is 48.8 Å². The van der Waals surface area contributed by atoms with Gasteiger partial charge >= 0.3 is 0 Å². The normalized spacial score (nSPS) is 13.4. The molecular formula is C20H20ClN5O. The van der Waals surface area contributed by atoms with Gasteiger partial charge in [0, 0.05) is 43.2 Å². The molecule has 0 aliphatic carbocycles. The SMILES string of the molecule is Nc1cccc(-c2cn3c(n2)N(C(=O)CCc2ccnc(Cl)c2)CCC3)c1. The number of halogens is 1. The molecule has 1 aliphatic rings. The highest BCUT2D eigenvalue weighted by Gasteiger charge is 2.25. The number of benzene rings is 1. The molecule has 0 unspecified atom stereocenters. The Balaban J connectivity index is 1.53. The topological polar surface area (TPSA) is 77.0 Å². The van der Waals surface area contributed by atoms with E-state index in [0.717, 1.165) is 29.8 Å². The second-order valence-corrected chi connectivity index (χ2v) is 7.02. The first-order valence-corrected chi connectivity index (χ1v) is 9.32. The van der Waals surface area contributed by atoms with Crippen molar-refractivity contribution in [3.8, 4) is 11.3 Å². The second-order valence-electron chi connectivity index (χ2n) is 6.63.